The summed E-state index contributed by atoms with van der Waals surface area (Å²) in [5.41, 5.74) is 1.38. The highest BCUT2D eigenvalue weighted by atomic mass is 32.2. The highest BCUT2D eigenvalue weighted by molar-refractivity contribution is 7.92. The van der Waals surface area contributed by atoms with E-state index in [-0.39, 0.29) is 0 Å². The number of sulfonamides is 1. The fraction of sp³-hybridized carbons (Fsp3) is 0.278. The average molecular weight is 380 g/mol. The van der Waals surface area contributed by atoms with E-state index in [0.717, 1.165) is 35.6 Å². The summed E-state index contributed by atoms with van der Waals surface area (Å²) >= 11 is 0. The van der Waals surface area contributed by atoms with Gasteiger partial charge >= 0.3 is 0 Å². The molecule has 0 saturated heterocycles. The van der Waals surface area contributed by atoms with Crippen molar-refractivity contribution in [3.63, 3.8) is 0 Å². The molecule has 0 atom stereocenters. The van der Waals surface area contributed by atoms with Crippen LogP contribution in [0, 0.1) is 11.6 Å². The minimum absolute atomic E-state index is 0.340. The minimum Gasteiger partial charge on any atom is -0.336 e. The molecule has 26 heavy (non-hydrogen) atoms. The van der Waals surface area contributed by atoms with Gasteiger partial charge in [-0.3, -0.25) is 9.10 Å². The second-order valence-electron chi connectivity index (χ2n) is 6.17. The number of benzene rings is 2. The van der Waals surface area contributed by atoms with Crippen LogP contribution in [0.3, 0.4) is 0 Å². The number of amides is 1. The minimum atomic E-state index is -4.05. The maximum atomic E-state index is 14.0. The number of halogens is 2. The number of nitrogens with zero attached hydrogens (tertiary/aromatic N) is 2. The van der Waals surface area contributed by atoms with Gasteiger partial charge in [-0.05, 0) is 29.7 Å². The third-order valence-corrected chi connectivity index (χ3v) is 5.46. The molecular weight excluding hydrogens is 362 g/mol. The van der Waals surface area contributed by atoms with Crippen molar-refractivity contribution < 1.29 is 22.0 Å². The summed E-state index contributed by atoms with van der Waals surface area (Å²) < 4.78 is 52.7. The van der Waals surface area contributed by atoms with Gasteiger partial charge in [0, 0.05) is 13.1 Å². The maximum Gasteiger partial charge on any atom is 0.243 e. The van der Waals surface area contributed by atoms with Gasteiger partial charge in [0.25, 0.3) is 0 Å². The number of fused-ring (bicyclic) bond motifs is 1. The van der Waals surface area contributed by atoms with E-state index < -0.39 is 39.8 Å². The Kier molecular flexibility index (Phi) is 4.95. The number of carbonyl (C=O) groups excluding carboxylic acids is 1. The van der Waals surface area contributed by atoms with Gasteiger partial charge in [0.15, 0.2) is 11.6 Å². The second-order valence-corrected chi connectivity index (χ2v) is 8.08. The highest BCUT2D eigenvalue weighted by Crippen LogP contribution is 2.26. The van der Waals surface area contributed by atoms with Gasteiger partial charge in [0.1, 0.15) is 12.2 Å². The molecule has 0 unspecified atom stereocenters. The van der Waals surface area contributed by atoms with Crippen molar-refractivity contribution in [2.24, 2.45) is 0 Å². The molecule has 2 aromatic rings. The highest BCUT2D eigenvalue weighted by Gasteiger charge is 2.29. The molecule has 1 aliphatic rings. The van der Waals surface area contributed by atoms with Crippen molar-refractivity contribution in [3.05, 3.63) is 65.2 Å². The van der Waals surface area contributed by atoms with Crippen LogP contribution in [0.1, 0.15) is 11.1 Å². The van der Waals surface area contributed by atoms with Crippen molar-refractivity contribution in [1.82, 2.24) is 4.90 Å². The largest absolute Gasteiger partial charge is 0.336 e. The third-order valence-electron chi connectivity index (χ3n) is 4.35. The molecule has 1 heterocycles. The Hall–Kier alpha value is -2.48. The first kappa shape index (κ1) is 18.3. The van der Waals surface area contributed by atoms with Crippen molar-refractivity contribution >= 4 is 21.6 Å². The van der Waals surface area contributed by atoms with Crippen molar-refractivity contribution in [3.8, 4) is 0 Å². The Morgan fingerprint density at radius 1 is 1.08 bits per heavy atom. The lowest BCUT2D eigenvalue weighted by molar-refractivity contribution is -0.130. The zero-order chi connectivity index (χ0) is 18.9. The zero-order valence-corrected chi connectivity index (χ0v) is 15.0. The van der Waals surface area contributed by atoms with E-state index in [9.17, 15) is 22.0 Å². The van der Waals surface area contributed by atoms with E-state index in [2.05, 4.69) is 0 Å². The first-order chi connectivity index (χ1) is 12.3. The molecule has 0 aliphatic carbocycles. The number of carbonyl (C=O) groups is 1. The van der Waals surface area contributed by atoms with Crippen LogP contribution in [0.5, 0.6) is 0 Å². The number of hydrogen-bond acceptors (Lipinski definition) is 3. The molecule has 1 aliphatic heterocycles. The van der Waals surface area contributed by atoms with Crippen LogP contribution in [0.2, 0.25) is 0 Å². The fourth-order valence-corrected chi connectivity index (χ4v) is 3.87. The predicted octanol–water partition coefficient (Wildman–Crippen LogP) is 2.32. The lowest BCUT2D eigenvalue weighted by Gasteiger charge is -2.31. The van der Waals surface area contributed by atoms with Crippen LogP contribution in [-0.4, -0.2) is 38.6 Å². The molecule has 0 saturated carbocycles. The van der Waals surface area contributed by atoms with Crippen molar-refractivity contribution in [2.45, 2.75) is 13.0 Å². The van der Waals surface area contributed by atoms with E-state index >= 15 is 0 Å². The molecule has 0 spiro atoms. The van der Waals surface area contributed by atoms with Gasteiger partial charge in [0.05, 0.1) is 6.26 Å². The van der Waals surface area contributed by atoms with Crippen molar-refractivity contribution in [2.75, 3.05) is 23.7 Å². The van der Waals surface area contributed by atoms with Gasteiger partial charge in [0.2, 0.25) is 15.9 Å². The Balaban J connectivity index is 1.86. The normalized spacial score (nSPS) is 14.0. The standard InChI is InChI=1S/C18H18F2N2O3S/c1-26(24,25)22(18-15(19)7-4-8-16(18)20)12-17(23)21-10-9-13-5-2-3-6-14(13)11-21/h2-8H,9-12H2,1H3. The van der Waals surface area contributed by atoms with Crippen LogP contribution in [0.25, 0.3) is 0 Å². The van der Waals surface area contributed by atoms with Gasteiger partial charge in [-0.1, -0.05) is 30.3 Å². The topological polar surface area (TPSA) is 57.7 Å². The number of para-hydroxylation sites is 1. The molecule has 138 valence electrons. The number of anilines is 1. The van der Waals surface area contributed by atoms with Crippen LogP contribution in [0.15, 0.2) is 42.5 Å². The van der Waals surface area contributed by atoms with E-state index in [1.54, 1.807) is 0 Å². The van der Waals surface area contributed by atoms with Crippen LogP contribution in [-0.2, 0) is 27.8 Å². The Morgan fingerprint density at radius 2 is 1.69 bits per heavy atom. The first-order valence-corrected chi connectivity index (χ1v) is 9.88. The Labute approximate surface area is 150 Å². The molecule has 1 amide bonds. The van der Waals surface area contributed by atoms with Crippen LogP contribution < -0.4 is 4.31 Å². The maximum absolute atomic E-state index is 14.0. The number of rotatable bonds is 4. The fourth-order valence-electron chi connectivity index (χ4n) is 3.02. The summed E-state index contributed by atoms with van der Waals surface area (Å²) in [6.07, 6.45) is 1.46. The molecular formula is C18H18F2N2O3S. The van der Waals surface area contributed by atoms with E-state index in [4.69, 9.17) is 0 Å². The number of hydrogen-bond donors (Lipinski definition) is 0. The molecule has 0 bridgehead atoms. The monoisotopic (exact) mass is 380 g/mol. The van der Waals surface area contributed by atoms with Crippen LogP contribution >= 0.6 is 0 Å². The first-order valence-electron chi connectivity index (χ1n) is 8.03. The second kappa shape index (κ2) is 7.03. The predicted molar refractivity (Wildman–Crippen MR) is 94.1 cm³/mol. The molecule has 5 nitrogen and oxygen atoms in total. The molecule has 3 rings (SSSR count). The average Bonchev–Trinajstić information content (AvgIpc) is 2.59. The van der Waals surface area contributed by atoms with Gasteiger partial charge in [-0.2, -0.15) is 0 Å². The Morgan fingerprint density at radius 3 is 2.31 bits per heavy atom. The van der Waals surface area contributed by atoms with Crippen LogP contribution in [0.4, 0.5) is 14.5 Å². The summed E-state index contributed by atoms with van der Waals surface area (Å²) in [4.78, 5) is 14.1. The Bertz CT molecular complexity index is 927. The molecule has 0 radical (unpaired) electrons. The van der Waals surface area contributed by atoms with Crippen molar-refractivity contribution in [1.29, 1.82) is 0 Å². The lowest BCUT2D eigenvalue weighted by atomic mass is 10.00. The zero-order valence-electron chi connectivity index (χ0n) is 14.2. The lowest BCUT2D eigenvalue weighted by Crippen LogP contribution is -2.45. The summed E-state index contributed by atoms with van der Waals surface area (Å²) in [6, 6.07) is 10.7. The van der Waals surface area contributed by atoms with Gasteiger partial charge < -0.3 is 4.90 Å². The molecule has 0 N–H and O–H groups in total. The SMILES string of the molecule is CS(=O)(=O)N(CC(=O)N1CCc2ccccc2C1)c1c(F)cccc1F. The summed E-state index contributed by atoms with van der Waals surface area (Å²) in [7, 11) is -4.05. The molecule has 0 aromatic heterocycles. The quantitative estimate of drug-likeness (QED) is 0.818. The van der Waals surface area contributed by atoms with Gasteiger partial charge in [-0.15, -0.1) is 0 Å². The van der Waals surface area contributed by atoms with E-state index in [1.807, 2.05) is 24.3 Å². The van der Waals surface area contributed by atoms with E-state index in [0.29, 0.717) is 23.8 Å². The van der Waals surface area contributed by atoms with Gasteiger partial charge in [-0.25, -0.2) is 17.2 Å². The van der Waals surface area contributed by atoms with E-state index in [1.165, 1.54) is 4.90 Å². The summed E-state index contributed by atoms with van der Waals surface area (Å²) in [6.45, 7) is 0.110. The third kappa shape index (κ3) is 3.70. The molecule has 2 aromatic carbocycles. The smallest absolute Gasteiger partial charge is 0.243 e. The summed E-state index contributed by atoms with van der Waals surface area (Å²) in [5, 5.41) is 0. The summed E-state index contributed by atoms with van der Waals surface area (Å²) in [5.74, 6) is -2.58. The molecule has 0 fully saturated rings. The molecule has 8 heteroatoms.